The van der Waals surface area contributed by atoms with Gasteiger partial charge in [0.2, 0.25) is 0 Å². The molecular formula is C8H5ClF2INO2. The summed E-state index contributed by atoms with van der Waals surface area (Å²) in [4.78, 5) is 14.8. The van der Waals surface area contributed by atoms with Gasteiger partial charge in [0.15, 0.2) is 5.69 Å². The van der Waals surface area contributed by atoms with Crippen LogP contribution in [0.2, 0.25) is 5.02 Å². The van der Waals surface area contributed by atoms with E-state index in [2.05, 4.69) is 9.72 Å². The van der Waals surface area contributed by atoms with E-state index in [1.807, 2.05) is 0 Å². The van der Waals surface area contributed by atoms with Gasteiger partial charge in [0.25, 0.3) is 6.43 Å². The Morgan fingerprint density at radius 3 is 2.73 bits per heavy atom. The first-order chi connectivity index (χ1) is 6.97. The van der Waals surface area contributed by atoms with Crippen LogP contribution in [0, 0.1) is 3.70 Å². The summed E-state index contributed by atoms with van der Waals surface area (Å²) in [5.74, 6) is -0.925. The molecule has 0 aliphatic carbocycles. The molecule has 0 unspecified atom stereocenters. The second-order valence-electron chi connectivity index (χ2n) is 2.48. The summed E-state index contributed by atoms with van der Waals surface area (Å²) in [6.07, 6.45) is -2.86. The van der Waals surface area contributed by atoms with E-state index in [4.69, 9.17) is 11.6 Å². The Morgan fingerprint density at radius 1 is 1.67 bits per heavy atom. The van der Waals surface area contributed by atoms with Gasteiger partial charge >= 0.3 is 5.97 Å². The van der Waals surface area contributed by atoms with Gasteiger partial charge in [-0.3, -0.25) is 0 Å². The molecule has 0 fully saturated rings. The highest BCUT2D eigenvalue weighted by Gasteiger charge is 2.24. The zero-order valence-corrected chi connectivity index (χ0v) is 10.3. The van der Waals surface area contributed by atoms with Crippen molar-refractivity contribution in [2.45, 2.75) is 6.43 Å². The van der Waals surface area contributed by atoms with Gasteiger partial charge < -0.3 is 4.74 Å². The predicted molar refractivity (Wildman–Crippen MR) is 58.3 cm³/mol. The average molecular weight is 347 g/mol. The average Bonchev–Trinajstić information content (AvgIpc) is 2.14. The second kappa shape index (κ2) is 5.02. The van der Waals surface area contributed by atoms with Crippen molar-refractivity contribution in [3.63, 3.8) is 0 Å². The molecule has 7 heteroatoms. The van der Waals surface area contributed by atoms with Crippen LogP contribution in [0.25, 0.3) is 0 Å². The largest absolute Gasteiger partial charge is 0.464 e. The van der Waals surface area contributed by atoms with Crippen molar-refractivity contribution in [2.24, 2.45) is 0 Å². The lowest BCUT2D eigenvalue weighted by molar-refractivity contribution is 0.0581. The monoisotopic (exact) mass is 347 g/mol. The zero-order chi connectivity index (χ0) is 11.6. The summed E-state index contributed by atoms with van der Waals surface area (Å²) < 4.78 is 29.9. The molecule has 0 saturated carbocycles. The van der Waals surface area contributed by atoms with Gasteiger partial charge in [-0.15, -0.1) is 0 Å². The number of methoxy groups -OCH3 is 1. The number of carbonyl (C=O) groups is 1. The third-order valence-corrected chi connectivity index (χ3v) is 2.44. The van der Waals surface area contributed by atoms with Crippen LogP contribution in [-0.2, 0) is 4.74 Å². The van der Waals surface area contributed by atoms with Gasteiger partial charge in [-0.2, -0.15) is 0 Å². The highest BCUT2D eigenvalue weighted by atomic mass is 127. The molecule has 1 rings (SSSR count). The Bertz CT molecular complexity index is 400. The Balaban J connectivity index is 3.40. The molecule has 1 aromatic heterocycles. The first-order valence-corrected chi connectivity index (χ1v) is 5.15. The van der Waals surface area contributed by atoms with E-state index in [0.717, 1.165) is 7.11 Å². The van der Waals surface area contributed by atoms with Gasteiger partial charge in [0, 0.05) is 0 Å². The number of nitrogens with zero attached hydrogens (tertiary/aromatic N) is 1. The number of alkyl halides is 2. The van der Waals surface area contributed by atoms with Gasteiger partial charge in [0.05, 0.1) is 17.7 Å². The van der Waals surface area contributed by atoms with E-state index in [9.17, 15) is 13.6 Å². The van der Waals surface area contributed by atoms with E-state index in [0.29, 0.717) is 3.70 Å². The van der Waals surface area contributed by atoms with Crippen LogP contribution in [0.5, 0.6) is 0 Å². The van der Waals surface area contributed by atoms with Crippen molar-refractivity contribution in [3.05, 3.63) is 26.0 Å². The fourth-order valence-corrected chi connectivity index (χ4v) is 1.97. The number of hydrogen-bond acceptors (Lipinski definition) is 3. The lowest BCUT2D eigenvalue weighted by atomic mass is 10.2. The topological polar surface area (TPSA) is 39.2 Å². The second-order valence-corrected chi connectivity index (χ2v) is 3.99. The molecule has 0 aliphatic rings. The summed E-state index contributed by atoms with van der Waals surface area (Å²) in [7, 11) is 1.09. The van der Waals surface area contributed by atoms with Crippen molar-refractivity contribution in [1.29, 1.82) is 0 Å². The lowest BCUT2D eigenvalue weighted by Crippen LogP contribution is -2.10. The van der Waals surface area contributed by atoms with Crippen molar-refractivity contribution in [1.82, 2.24) is 4.98 Å². The molecule has 82 valence electrons. The molecule has 0 atom stereocenters. The SMILES string of the molecule is COC(=O)c1nc(I)cc(Cl)c1C(F)F. The fraction of sp³-hybridized carbons (Fsp3) is 0.250. The number of halogens is 4. The first-order valence-electron chi connectivity index (χ1n) is 3.69. The van der Waals surface area contributed by atoms with E-state index in [1.54, 1.807) is 22.6 Å². The summed E-state index contributed by atoms with van der Waals surface area (Å²) in [6.45, 7) is 0. The standard InChI is InChI=1S/C8H5ClF2INO2/c1-15-8(14)6-5(7(10)11)3(9)2-4(12)13-6/h2,7H,1H3. The maximum atomic E-state index is 12.6. The number of pyridine rings is 1. The summed E-state index contributed by atoms with van der Waals surface area (Å²) in [5.41, 5.74) is -1.03. The van der Waals surface area contributed by atoms with Crippen molar-refractivity contribution >= 4 is 40.2 Å². The van der Waals surface area contributed by atoms with Crippen LogP contribution < -0.4 is 0 Å². The minimum atomic E-state index is -2.86. The molecule has 0 amide bonds. The number of esters is 1. The molecule has 0 spiro atoms. The van der Waals surface area contributed by atoms with Crippen LogP contribution in [0.15, 0.2) is 6.07 Å². The highest BCUT2D eigenvalue weighted by Crippen LogP contribution is 2.30. The quantitative estimate of drug-likeness (QED) is 0.469. The molecule has 0 saturated heterocycles. The maximum Gasteiger partial charge on any atom is 0.357 e. The van der Waals surface area contributed by atoms with Crippen molar-refractivity contribution in [3.8, 4) is 0 Å². The van der Waals surface area contributed by atoms with Crippen LogP contribution in [0.3, 0.4) is 0 Å². The molecule has 1 aromatic rings. The van der Waals surface area contributed by atoms with Crippen LogP contribution in [0.4, 0.5) is 8.78 Å². The fourth-order valence-electron chi connectivity index (χ4n) is 0.955. The zero-order valence-electron chi connectivity index (χ0n) is 7.43. The maximum absolute atomic E-state index is 12.6. The summed E-state index contributed by atoms with van der Waals surface area (Å²) in [6, 6.07) is 1.26. The Morgan fingerprint density at radius 2 is 2.27 bits per heavy atom. The molecule has 0 aromatic carbocycles. The van der Waals surface area contributed by atoms with Crippen LogP contribution in [0.1, 0.15) is 22.5 Å². The van der Waals surface area contributed by atoms with E-state index < -0.39 is 23.7 Å². The Hall–Kier alpha value is -0.500. The minimum Gasteiger partial charge on any atom is -0.464 e. The summed E-state index contributed by atoms with van der Waals surface area (Å²) in [5, 5.41) is -0.190. The number of carbonyl (C=O) groups excluding carboxylic acids is 1. The number of rotatable bonds is 2. The van der Waals surface area contributed by atoms with Gasteiger partial charge in [0.1, 0.15) is 3.70 Å². The van der Waals surface area contributed by atoms with Gasteiger partial charge in [-0.25, -0.2) is 18.6 Å². The van der Waals surface area contributed by atoms with Crippen molar-refractivity contribution in [2.75, 3.05) is 7.11 Å². The lowest BCUT2D eigenvalue weighted by Gasteiger charge is -2.08. The van der Waals surface area contributed by atoms with Crippen molar-refractivity contribution < 1.29 is 18.3 Å². The molecule has 0 bridgehead atoms. The molecular weight excluding hydrogens is 342 g/mol. The molecule has 1 heterocycles. The predicted octanol–water partition coefficient (Wildman–Crippen LogP) is 3.06. The van der Waals surface area contributed by atoms with Crippen LogP contribution >= 0.6 is 34.2 Å². The first kappa shape index (κ1) is 12.6. The van der Waals surface area contributed by atoms with E-state index in [1.165, 1.54) is 6.07 Å². The number of hydrogen-bond donors (Lipinski definition) is 0. The number of aromatic nitrogens is 1. The van der Waals surface area contributed by atoms with Gasteiger partial charge in [-0.05, 0) is 28.7 Å². The molecule has 0 N–H and O–H groups in total. The van der Waals surface area contributed by atoms with Gasteiger partial charge in [-0.1, -0.05) is 11.6 Å². The minimum absolute atomic E-state index is 0.190. The summed E-state index contributed by atoms with van der Waals surface area (Å²) >= 11 is 7.37. The Kier molecular flexibility index (Phi) is 4.21. The third-order valence-electron chi connectivity index (χ3n) is 1.57. The molecule has 0 radical (unpaired) electrons. The highest BCUT2D eigenvalue weighted by molar-refractivity contribution is 14.1. The normalized spacial score (nSPS) is 10.5. The third kappa shape index (κ3) is 2.75. The smallest absolute Gasteiger partial charge is 0.357 e. The van der Waals surface area contributed by atoms with E-state index >= 15 is 0 Å². The molecule has 15 heavy (non-hydrogen) atoms. The number of ether oxygens (including phenoxy) is 1. The van der Waals surface area contributed by atoms with Crippen LogP contribution in [-0.4, -0.2) is 18.1 Å². The Labute approximate surface area is 103 Å². The molecule has 0 aliphatic heterocycles. The molecule has 3 nitrogen and oxygen atoms in total. The van der Waals surface area contributed by atoms with E-state index in [-0.39, 0.29) is 5.02 Å².